The van der Waals surface area contributed by atoms with E-state index in [4.69, 9.17) is 0 Å². The fourth-order valence-corrected chi connectivity index (χ4v) is 3.28. The SMILES string of the molecule is CCCC1(C(=O)O)CCCN1C(=O)C1CC1(C)C. The van der Waals surface area contributed by atoms with Crippen LogP contribution in [0.25, 0.3) is 0 Å². The Hall–Kier alpha value is -1.06. The molecule has 2 aliphatic rings. The van der Waals surface area contributed by atoms with Crippen molar-refractivity contribution >= 4 is 11.9 Å². The number of likely N-dealkylation sites (tertiary alicyclic amines) is 1. The molecule has 0 bridgehead atoms. The maximum Gasteiger partial charge on any atom is 0.329 e. The van der Waals surface area contributed by atoms with Crippen molar-refractivity contribution in [3.05, 3.63) is 0 Å². The molecule has 0 aromatic heterocycles. The molecule has 1 saturated heterocycles. The molecular weight excluding hydrogens is 230 g/mol. The Morgan fingerprint density at radius 3 is 2.44 bits per heavy atom. The largest absolute Gasteiger partial charge is 0.479 e. The van der Waals surface area contributed by atoms with Gasteiger partial charge in [0.05, 0.1) is 0 Å². The van der Waals surface area contributed by atoms with Gasteiger partial charge in [-0.05, 0) is 31.1 Å². The molecule has 0 aromatic carbocycles. The quantitative estimate of drug-likeness (QED) is 0.836. The highest BCUT2D eigenvalue weighted by molar-refractivity contribution is 5.90. The van der Waals surface area contributed by atoms with Crippen molar-refractivity contribution in [1.29, 1.82) is 0 Å². The number of rotatable bonds is 4. The van der Waals surface area contributed by atoms with Gasteiger partial charge in [0.1, 0.15) is 5.54 Å². The van der Waals surface area contributed by atoms with E-state index < -0.39 is 11.5 Å². The van der Waals surface area contributed by atoms with E-state index in [0.717, 1.165) is 19.3 Å². The lowest BCUT2D eigenvalue weighted by Gasteiger charge is -2.35. The van der Waals surface area contributed by atoms with Crippen LogP contribution < -0.4 is 0 Å². The first kappa shape index (κ1) is 13.4. The molecule has 18 heavy (non-hydrogen) atoms. The Morgan fingerprint density at radius 1 is 1.39 bits per heavy atom. The van der Waals surface area contributed by atoms with E-state index in [1.54, 1.807) is 4.90 Å². The van der Waals surface area contributed by atoms with Crippen molar-refractivity contribution in [2.75, 3.05) is 6.54 Å². The number of carboxylic acid groups (broad SMARTS) is 1. The Morgan fingerprint density at radius 2 is 2.00 bits per heavy atom. The lowest BCUT2D eigenvalue weighted by atomic mass is 9.90. The van der Waals surface area contributed by atoms with E-state index in [0.29, 0.717) is 19.4 Å². The predicted octanol–water partition coefficient (Wildman–Crippen LogP) is 2.28. The summed E-state index contributed by atoms with van der Waals surface area (Å²) in [6, 6.07) is 0. The van der Waals surface area contributed by atoms with Gasteiger partial charge in [0.15, 0.2) is 0 Å². The normalized spacial score (nSPS) is 33.5. The third-order valence-electron chi connectivity index (χ3n) is 4.63. The second kappa shape index (κ2) is 4.25. The molecular formula is C14H23NO3. The molecule has 1 aliphatic heterocycles. The highest BCUT2D eigenvalue weighted by Gasteiger charge is 2.57. The number of carboxylic acids is 1. The number of nitrogens with zero attached hydrogens (tertiary/aromatic N) is 1. The standard InChI is InChI=1S/C14H23NO3/c1-4-6-14(12(17)18)7-5-8-15(14)11(16)10-9-13(10,2)3/h10H,4-9H2,1-3H3,(H,17,18). The molecule has 0 aromatic rings. The van der Waals surface area contributed by atoms with E-state index >= 15 is 0 Å². The first-order valence-corrected chi connectivity index (χ1v) is 6.90. The first-order chi connectivity index (χ1) is 8.35. The second-order valence-corrected chi connectivity index (χ2v) is 6.43. The Balaban J connectivity index is 2.20. The van der Waals surface area contributed by atoms with Gasteiger partial charge in [0, 0.05) is 12.5 Å². The van der Waals surface area contributed by atoms with Gasteiger partial charge < -0.3 is 10.0 Å². The number of hydrogen-bond acceptors (Lipinski definition) is 2. The van der Waals surface area contributed by atoms with Crippen LogP contribution in [0.3, 0.4) is 0 Å². The van der Waals surface area contributed by atoms with Crippen molar-refractivity contribution in [2.45, 2.75) is 58.4 Å². The molecule has 1 aliphatic carbocycles. The molecule has 2 unspecified atom stereocenters. The molecule has 4 heteroatoms. The van der Waals surface area contributed by atoms with Crippen molar-refractivity contribution in [3.63, 3.8) is 0 Å². The summed E-state index contributed by atoms with van der Waals surface area (Å²) in [6.45, 7) is 6.74. The van der Waals surface area contributed by atoms with Gasteiger partial charge in [-0.2, -0.15) is 0 Å². The van der Waals surface area contributed by atoms with Crippen LogP contribution in [0.1, 0.15) is 52.9 Å². The molecule has 1 amide bonds. The monoisotopic (exact) mass is 253 g/mol. The van der Waals surface area contributed by atoms with Crippen LogP contribution >= 0.6 is 0 Å². The number of carbonyl (C=O) groups excluding carboxylic acids is 1. The van der Waals surface area contributed by atoms with E-state index in [1.165, 1.54) is 0 Å². The minimum atomic E-state index is -0.926. The minimum Gasteiger partial charge on any atom is -0.479 e. The molecule has 1 heterocycles. The number of hydrogen-bond donors (Lipinski definition) is 1. The van der Waals surface area contributed by atoms with Gasteiger partial charge in [-0.25, -0.2) is 4.79 Å². The van der Waals surface area contributed by atoms with E-state index in [2.05, 4.69) is 13.8 Å². The molecule has 1 N–H and O–H groups in total. The fraction of sp³-hybridized carbons (Fsp3) is 0.857. The third-order valence-corrected chi connectivity index (χ3v) is 4.63. The van der Waals surface area contributed by atoms with Crippen molar-refractivity contribution in [2.24, 2.45) is 11.3 Å². The van der Waals surface area contributed by atoms with E-state index in [-0.39, 0.29) is 17.2 Å². The van der Waals surface area contributed by atoms with Crippen LogP contribution in [-0.2, 0) is 9.59 Å². The van der Waals surface area contributed by atoms with Gasteiger partial charge in [-0.3, -0.25) is 4.79 Å². The molecule has 102 valence electrons. The summed E-state index contributed by atoms with van der Waals surface area (Å²) in [4.78, 5) is 25.8. The fourth-order valence-electron chi connectivity index (χ4n) is 3.28. The maximum atomic E-state index is 12.5. The topological polar surface area (TPSA) is 57.6 Å². The summed E-state index contributed by atoms with van der Waals surface area (Å²) in [5, 5.41) is 9.55. The zero-order chi connectivity index (χ0) is 13.6. The zero-order valence-corrected chi connectivity index (χ0v) is 11.5. The predicted molar refractivity (Wildman–Crippen MR) is 68.1 cm³/mol. The second-order valence-electron chi connectivity index (χ2n) is 6.43. The molecule has 1 saturated carbocycles. The van der Waals surface area contributed by atoms with Crippen LogP contribution in [0.4, 0.5) is 0 Å². The summed E-state index contributed by atoms with van der Waals surface area (Å²) >= 11 is 0. The molecule has 2 atom stereocenters. The summed E-state index contributed by atoms with van der Waals surface area (Å²) < 4.78 is 0. The van der Waals surface area contributed by atoms with Crippen LogP contribution in [0.5, 0.6) is 0 Å². The van der Waals surface area contributed by atoms with Gasteiger partial charge >= 0.3 is 5.97 Å². The number of amides is 1. The molecule has 0 spiro atoms. The number of aliphatic carboxylic acids is 1. The average molecular weight is 253 g/mol. The number of carbonyl (C=O) groups is 2. The first-order valence-electron chi connectivity index (χ1n) is 6.90. The van der Waals surface area contributed by atoms with E-state index in [9.17, 15) is 14.7 Å². The lowest BCUT2D eigenvalue weighted by molar-refractivity contribution is -0.158. The van der Waals surface area contributed by atoms with Crippen molar-refractivity contribution in [3.8, 4) is 0 Å². The Labute approximate surface area is 108 Å². The van der Waals surface area contributed by atoms with Crippen LogP contribution in [0.2, 0.25) is 0 Å². The highest BCUT2D eigenvalue weighted by atomic mass is 16.4. The third kappa shape index (κ3) is 1.91. The van der Waals surface area contributed by atoms with Crippen LogP contribution in [-0.4, -0.2) is 34.0 Å². The van der Waals surface area contributed by atoms with Gasteiger partial charge in [0.2, 0.25) is 5.91 Å². The summed E-state index contributed by atoms with van der Waals surface area (Å²) in [5.74, 6) is -0.729. The minimum absolute atomic E-state index is 0.0335. The smallest absolute Gasteiger partial charge is 0.329 e. The van der Waals surface area contributed by atoms with Crippen molar-refractivity contribution in [1.82, 2.24) is 4.90 Å². The summed E-state index contributed by atoms with van der Waals surface area (Å²) in [7, 11) is 0. The summed E-state index contributed by atoms with van der Waals surface area (Å²) in [6.07, 6.45) is 3.68. The maximum absolute atomic E-state index is 12.5. The van der Waals surface area contributed by atoms with Gasteiger partial charge in [-0.15, -0.1) is 0 Å². The summed E-state index contributed by atoms with van der Waals surface area (Å²) in [5.41, 5.74) is -0.860. The molecule has 4 nitrogen and oxygen atoms in total. The molecule has 2 rings (SSSR count). The Kier molecular flexibility index (Phi) is 3.16. The average Bonchev–Trinajstić information content (AvgIpc) is 2.74. The van der Waals surface area contributed by atoms with Crippen molar-refractivity contribution < 1.29 is 14.7 Å². The molecule has 2 fully saturated rings. The Bertz CT molecular complexity index is 377. The lowest BCUT2D eigenvalue weighted by Crippen LogP contribution is -2.53. The molecule has 0 radical (unpaired) electrons. The van der Waals surface area contributed by atoms with Crippen LogP contribution in [0, 0.1) is 11.3 Å². The van der Waals surface area contributed by atoms with Crippen LogP contribution in [0.15, 0.2) is 0 Å². The zero-order valence-electron chi connectivity index (χ0n) is 11.5. The highest BCUT2D eigenvalue weighted by Crippen LogP contribution is 2.53. The van der Waals surface area contributed by atoms with E-state index in [1.807, 2.05) is 6.92 Å². The van der Waals surface area contributed by atoms with Gasteiger partial charge in [-0.1, -0.05) is 27.2 Å². The van der Waals surface area contributed by atoms with Gasteiger partial charge in [0.25, 0.3) is 0 Å².